The van der Waals surface area contributed by atoms with Crippen molar-refractivity contribution in [3.63, 3.8) is 0 Å². The van der Waals surface area contributed by atoms with Crippen LogP contribution in [0.3, 0.4) is 0 Å². The SMILES string of the molecule is CC.CC(C)(C(=O)O)c1cc(NC=O)on1.CC(C)(C)SC1CCOCC1. The van der Waals surface area contributed by atoms with Crippen LogP contribution in [-0.4, -0.2) is 45.9 Å². The van der Waals surface area contributed by atoms with E-state index in [2.05, 4.69) is 47.5 Å². The van der Waals surface area contributed by atoms with Crippen LogP contribution < -0.4 is 5.32 Å². The molecule has 27 heavy (non-hydrogen) atoms. The average Bonchev–Trinajstić information content (AvgIpc) is 3.06. The zero-order valence-corrected chi connectivity index (χ0v) is 18.3. The van der Waals surface area contributed by atoms with Gasteiger partial charge in [0.2, 0.25) is 12.3 Å². The summed E-state index contributed by atoms with van der Waals surface area (Å²) in [5, 5.41) is 15.5. The highest BCUT2D eigenvalue weighted by atomic mass is 32.2. The van der Waals surface area contributed by atoms with Crippen molar-refractivity contribution in [2.24, 2.45) is 0 Å². The van der Waals surface area contributed by atoms with Crippen LogP contribution in [0.4, 0.5) is 5.88 Å². The Bertz CT molecular complexity index is 561. The first-order valence-corrected chi connectivity index (χ1v) is 10.1. The number of anilines is 1. The van der Waals surface area contributed by atoms with Crippen molar-refractivity contribution in [3.05, 3.63) is 11.8 Å². The van der Waals surface area contributed by atoms with E-state index in [1.165, 1.54) is 32.8 Å². The highest BCUT2D eigenvalue weighted by molar-refractivity contribution is 8.01. The molecule has 0 aromatic carbocycles. The second-order valence-electron chi connectivity index (χ2n) is 7.31. The Morgan fingerprint density at radius 1 is 1.26 bits per heavy atom. The molecule has 1 saturated heterocycles. The van der Waals surface area contributed by atoms with Gasteiger partial charge in [-0.3, -0.25) is 14.9 Å². The molecule has 0 saturated carbocycles. The van der Waals surface area contributed by atoms with E-state index in [0.29, 0.717) is 11.2 Å². The van der Waals surface area contributed by atoms with E-state index in [9.17, 15) is 9.59 Å². The van der Waals surface area contributed by atoms with Gasteiger partial charge >= 0.3 is 5.97 Å². The van der Waals surface area contributed by atoms with Crippen molar-refractivity contribution in [1.82, 2.24) is 5.16 Å². The van der Waals surface area contributed by atoms with Crippen LogP contribution in [0, 0.1) is 0 Å². The molecule has 1 fully saturated rings. The molecule has 0 radical (unpaired) electrons. The summed E-state index contributed by atoms with van der Waals surface area (Å²) in [6, 6.07) is 1.38. The number of carboxylic acids is 1. The lowest BCUT2D eigenvalue weighted by Gasteiger charge is -2.28. The maximum Gasteiger partial charge on any atom is 0.315 e. The third-order valence-electron chi connectivity index (χ3n) is 3.57. The number of rotatable bonds is 5. The Balaban J connectivity index is 0.000000469. The number of aliphatic carboxylic acids is 1. The van der Waals surface area contributed by atoms with Crippen LogP contribution >= 0.6 is 11.8 Å². The largest absolute Gasteiger partial charge is 0.481 e. The maximum atomic E-state index is 10.8. The van der Waals surface area contributed by atoms with Crippen LogP contribution in [-0.2, 0) is 19.7 Å². The van der Waals surface area contributed by atoms with E-state index in [4.69, 9.17) is 9.84 Å². The number of carbonyl (C=O) groups excluding carboxylic acids is 1. The number of hydrogen-bond acceptors (Lipinski definition) is 6. The van der Waals surface area contributed by atoms with Gasteiger partial charge in [0.1, 0.15) is 11.1 Å². The van der Waals surface area contributed by atoms with Gasteiger partial charge in [-0.1, -0.05) is 39.8 Å². The Kier molecular flexibility index (Phi) is 11.3. The summed E-state index contributed by atoms with van der Waals surface area (Å²) >= 11 is 2.10. The summed E-state index contributed by atoms with van der Waals surface area (Å²) in [6.07, 6.45) is 2.90. The zero-order valence-electron chi connectivity index (χ0n) is 17.5. The number of aromatic nitrogens is 1. The Morgan fingerprint density at radius 2 is 1.81 bits per heavy atom. The molecule has 1 aliphatic heterocycles. The number of carboxylic acid groups (broad SMARTS) is 1. The summed E-state index contributed by atoms with van der Waals surface area (Å²) in [4.78, 5) is 20.9. The average molecular weight is 403 g/mol. The minimum absolute atomic E-state index is 0.129. The van der Waals surface area contributed by atoms with Gasteiger partial charge in [-0.2, -0.15) is 11.8 Å². The molecule has 1 aromatic rings. The molecule has 1 amide bonds. The fraction of sp³-hybridized carbons (Fsp3) is 0.737. The zero-order chi connectivity index (χ0) is 21.1. The second kappa shape index (κ2) is 12.0. The number of ether oxygens (including phenoxy) is 1. The molecular formula is C19H34N2O5S. The van der Waals surface area contributed by atoms with Crippen molar-refractivity contribution in [3.8, 4) is 0 Å². The molecule has 2 rings (SSSR count). The van der Waals surface area contributed by atoms with Gasteiger partial charge in [-0.05, 0) is 26.7 Å². The molecule has 0 atom stereocenters. The lowest BCUT2D eigenvalue weighted by Crippen LogP contribution is -2.28. The Hall–Kier alpha value is -1.54. The third kappa shape index (κ3) is 9.81. The number of carbonyl (C=O) groups is 2. The highest BCUT2D eigenvalue weighted by Crippen LogP contribution is 2.33. The first-order chi connectivity index (χ1) is 12.6. The summed E-state index contributed by atoms with van der Waals surface area (Å²) in [7, 11) is 0. The predicted molar refractivity (Wildman–Crippen MR) is 109 cm³/mol. The molecule has 0 bridgehead atoms. The van der Waals surface area contributed by atoms with Crippen molar-refractivity contribution < 1.29 is 24.0 Å². The van der Waals surface area contributed by atoms with Gasteiger partial charge in [0.05, 0.1) is 0 Å². The number of amides is 1. The van der Waals surface area contributed by atoms with Gasteiger partial charge in [0.15, 0.2) is 0 Å². The van der Waals surface area contributed by atoms with E-state index >= 15 is 0 Å². The van der Waals surface area contributed by atoms with Crippen LogP contribution in [0.2, 0.25) is 0 Å². The summed E-state index contributed by atoms with van der Waals surface area (Å²) in [5.74, 6) is -0.882. The standard InChI is InChI=1S/C9H18OS.C8H10N2O4.C2H6/c1-9(2,3)11-8-4-6-10-7-5-8;1-8(2,7(12)13)5-3-6(9-4-11)14-10-5;1-2/h8H,4-7H2,1-3H3;3-4H,1-2H3,(H,9,11)(H,12,13);1-2H3. The summed E-state index contributed by atoms with van der Waals surface area (Å²) < 4.78 is 10.4. The van der Waals surface area contributed by atoms with Crippen molar-refractivity contribution in [1.29, 1.82) is 0 Å². The monoisotopic (exact) mass is 402 g/mol. The lowest BCUT2D eigenvalue weighted by molar-refractivity contribution is -0.142. The minimum atomic E-state index is -1.13. The number of hydrogen-bond donors (Lipinski definition) is 2. The topological polar surface area (TPSA) is 102 Å². The molecule has 8 heteroatoms. The smallest absolute Gasteiger partial charge is 0.315 e. The van der Waals surface area contributed by atoms with E-state index in [0.717, 1.165) is 18.5 Å². The third-order valence-corrected chi connectivity index (χ3v) is 5.09. The summed E-state index contributed by atoms with van der Waals surface area (Å²) in [6.45, 7) is 15.8. The van der Waals surface area contributed by atoms with Crippen LogP contribution in [0.5, 0.6) is 0 Å². The van der Waals surface area contributed by atoms with Gasteiger partial charge in [0, 0.05) is 29.3 Å². The number of nitrogens with zero attached hydrogens (tertiary/aromatic N) is 1. The fourth-order valence-corrected chi connectivity index (χ4v) is 3.53. The van der Waals surface area contributed by atoms with E-state index in [1.807, 2.05) is 13.8 Å². The molecule has 0 spiro atoms. The molecule has 0 aliphatic carbocycles. The van der Waals surface area contributed by atoms with Gasteiger partial charge < -0.3 is 14.4 Å². The van der Waals surface area contributed by atoms with E-state index in [-0.39, 0.29) is 11.6 Å². The first kappa shape index (κ1) is 25.5. The fourth-order valence-electron chi connectivity index (χ4n) is 2.10. The normalized spacial score (nSPS) is 14.9. The Morgan fingerprint density at radius 3 is 2.26 bits per heavy atom. The molecule has 0 unspecified atom stereocenters. The maximum absolute atomic E-state index is 10.8. The van der Waals surface area contributed by atoms with Crippen LogP contribution in [0.1, 0.15) is 67.0 Å². The number of nitrogens with one attached hydrogen (secondary N) is 1. The molecule has 2 heterocycles. The minimum Gasteiger partial charge on any atom is -0.481 e. The quantitative estimate of drug-likeness (QED) is 0.707. The van der Waals surface area contributed by atoms with Gasteiger partial charge in [0.25, 0.3) is 0 Å². The van der Waals surface area contributed by atoms with Crippen molar-refractivity contribution >= 4 is 30.0 Å². The first-order valence-electron chi connectivity index (χ1n) is 9.22. The lowest BCUT2D eigenvalue weighted by atomic mass is 9.90. The highest BCUT2D eigenvalue weighted by Gasteiger charge is 2.33. The molecule has 1 aliphatic rings. The van der Waals surface area contributed by atoms with E-state index in [1.54, 1.807) is 0 Å². The molecule has 7 nitrogen and oxygen atoms in total. The van der Waals surface area contributed by atoms with Crippen LogP contribution in [0.25, 0.3) is 0 Å². The molecule has 156 valence electrons. The van der Waals surface area contributed by atoms with Gasteiger partial charge in [-0.25, -0.2) is 0 Å². The second-order valence-corrected chi connectivity index (χ2v) is 9.44. The van der Waals surface area contributed by atoms with Gasteiger partial charge in [-0.15, -0.1) is 0 Å². The van der Waals surface area contributed by atoms with Crippen molar-refractivity contribution in [2.75, 3.05) is 18.5 Å². The summed E-state index contributed by atoms with van der Waals surface area (Å²) in [5.41, 5.74) is -0.874. The Labute approximate surface area is 166 Å². The predicted octanol–water partition coefficient (Wildman–Crippen LogP) is 4.33. The van der Waals surface area contributed by atoms with E-state index < -0.39 is 11.4 Å². The molecular weight excluding hydrogens is 368 g/mol. The molecule has 1 aromatic heterocycles. The molecule has 2 N–H and O–H groups in total. The van der Waals surface area contributed by atoms with Crippen LogP contribution in [0.15, 0.2) is 10.6 Å². The number of thioether (sulfide) groups is 1. The van der Waals surface area contributed by atoms with Crippen molar-refractivity contribution in [2.45, 2.75) is 76.7 Å².